The minimum atomic E-state index is 0.0151. The van der Waals surface area contributed by atoms with Crippen LogP contribution in [0.15, 0.2) is 66.7 Å². The predicted molar refractivity (Wildman–Crippen MR) is 128 cm³/mol. The van der Waals surface area contributed by atoms with Crippen molar-refractivity contribution in [1.29, 1.82) is 0 Å². The number of hydrogen-bond acceptors (Lipinski definition) is 0. The molecule has 30 heavy (non-hydrogen) atoms. The first-order valence-corrected chi connectivity index (χ1v) is 12.2. The van der Waals surface area contributed by atoms with Crippen molar-refractivity contribution in [3.63, 3.8) is 0 Å². The van der Waals surface area contributed by atoms with Gasteiger partial charge < -0.3 is 0 Å². The SMILES string of the molecule is CCCCCCCCCC1(c2ccc3c(c2)CC3)c2ccccc2-c2ccccc21. The van der Waals surface area contributed by atoms with Crippen LogP contribution in [0.25, 0.3) is 11.1 Å². The third-order valence-corrected chi connectivity index (χ3v) is 7.58. The monoisotopic (exact) mass is 394 g/mol. The smallest absolute Gasteiger partial charge is 0.0463 e. The molecule has 0 aliphatic heterocycles. The molecular formula is C30H34. The van der Waals surface area contributed by atoms with Gasteiger partial charge in [-0.2, -0.15) is 0 Å². The van der Waals surface area contributed by atoms with E-state index in [1.807, 2.05) is 0 Å². The van der Waals surface area contributed by atoms with Crippen LogP contribution in [-0.2, 0) is 18.3 Å². The molecular weight excluding hydrogens is 360 g/mol. The van der Waals surface area contributed by atoms with E-state index in [1.165, 1.54) is 92.0 Å². The van der Waals surface area contributed by atoms with Crippen molar-refractivity contribution in [2.75, 3.05) is 0 Å². The lowest BCUT2D eigenvalue weighted by Crippen LogP contribution is -2.28. The van der Waals surface area contributed by atoms with E-state index in [9.17, 15) is 0 Å². The van der Waals surface area contributed by atoms with Gasteiger partial charge in [0.25, 0.3) is 0 Å². The molecule has 0 bridgehead atoms. The fraction of sp³-hybridized carbons (Fsp3) is 0.400. The molecule has 0 atom stereocenters. The molecule has 0 radical (unpaired) electrons. The summed E-state index contributed by atoms with van der Waals surface area (Å²) in [4.78, 5) is 0. The van der Waals surface area contributed by atoms with Gasteiger partial charge in [0.1, 0.15) is 0 Å². The number of aryl methyl sites for hydroxylation is 2. The van der Waals surface area contributed by atoms with Crippen molar-refractivity contribution >= 4 is 0 Å². The van der Waals surface area contributed by atoms with Crippen LogP contribution in [0.1, 0.15) is 86.1 Å². The molecule has 0 unspecified atom stereocenters. The van der Waals surface area contributed by atoms with Gasteiger partial charge in [-0.1, -0.05) is 119 Å². The van der Waals surface area contributed by atoms with Crippen LogP contribution < -0.4 is 0 Å². The Morgan fingerprint density at radius 3 is 1.83 bits per heavy atom. The Hall–Kier alpha value is -2.34. The molecule has 5 rings (SSSR count). The largest absolute Gasteiger partial charge is 0.0654 e. The molecule has 0 spiro atoms. The summed E-state index contributed by atoms with van der Waals surface area (Å²) in [5, 5.41) is 0. The highest BCUT2D eigenvalue weighted by molar-refractivity contribution is 5.83. The molecule has 0 N–H and O–H groups in total. The molecule has 2 aliphatic carbocycles. The molecule has 0 heteroatoms. The predicted octanol–water partition coefficient (Wildman–Crippen LogP) is 8.24. The van der Waals surface area contributed by atoms with Crippen molar-refractivity contribution in [3.8, 4) is 11.1 Å². The van der Waals surface area contributed by atoms with E-state index in [4.69, 9.17) is 0 Å². The molecule has 0 aromatic heterocycles. The zero-order valence-corrected chi connectivity index (χ0v) is 18.4. The lowest BCUT2D eigenvalue weighted by atomic mass is 9.68. The van der Waals surface area contributed by atoms with Crippen LogP contribution in [0.2, 0.25) is 0 Å². The Morgan fingerprint density at radius 1 is 0.633 bits per heavy atom. The van der Waals surface area contributed by atoms with Gasteiger partial charge in [-0.15, -0.1) is 0 Å². The summed E-state index contributed by atoms with van der Waals surface area (Å²) in [6.45, 7) is 2.30. The molecule has 2 aliphatic rings. The van der Waals surface area contributed by atoms with Gasteiger partial charge in [-0.25, -0.2) is 0 Å². The Balaban J connectivity index is 1.52. The Kier molecular flexibility index (Phi) is 5.50. The summed E-state index contributed by atoms with van der Waals surface area (Å²) < 4.78 is 0. The molecule has 3 aromatic rings. The van der Waals surface area contributed by atoms with Crippen LogP contribution in [0.3, 0.4) is 0 Å². The van der Waals surface area contributed by atoms with E-state index in [2.05, 4.69) is 73.7 Å². The number of unbranched alkanes of at least 4 members (excludes halogenated alkanes) is 6. The zero-order chi connectivity index (χ0) is 20.4. The average Bonchev–Trinajstić information content (AvgIpc) is 3.05. The van der Waals surface area contributed by atoms with Crippen LogP contribution in [-0.4, -0.2) is 0 Å². The average molecular weight is 395 g/mol. The van der Waals surface area contributed by atoms with E-state index in [-0.39, 0.29) is 5.41 Å². The van der Waals surface area contributed by atoms with Crippen molar-refractivity contribution < 1.29 is 0 Å². The second-order valence-electron chi connectivity index (χ2n) is 9.35. The summed E-state index contributed by atoms with van der Waals surface area (Å²) in [7, 11) is 0. The van der Waals surface area contributed by atoms with E-state index in [1.54, 1.807) is 11.1 Å². The number of rotatable bonds is 9. The van der Waals surface area contributed by atoms with Crippen molar-refractivity contribution in [2.24, 2.45) is 0 Å². The van der Waals surface area contributed by atoms with Gasteiger partial charge in [0.15, 0.2) is 0 Å². The summed E-state index contributed by atoms with van der Waals surface area (Å²) >= 11 is 0. The molecule has 0 amide bonds. The molecule has 0 saturated carbocycles. The zero-order valence-electron chi connectivity index (χ0n) is 18.4. The summed E-state index contributed by atoms with van der Waals surface area (Å²) in [6, 6.07) is 25.8. The minimum Gasteiger partial charge on any atom is -0.0654 e. The lowest BCUT2D eigenvalue weighted by molar-refractivity contribution is 0.503. The van der Waals surface area contributed by atoms with Gasteiger partial charge in [0.2, 0.25) is 0 Å². The topological polar surface area (TPSA) is 0 Å². The fourth-order valence-corrected chi connectivity index (χ4v) is 5.86. The van der Waals surface area contributed by atoms with Crippen LogP contribution >= 0.6 is 0 Å². The maximum atomic E-state index is 2.54. The first-order valence-electron chi connectivity index (χ1n) is 12.2. The van der Waals surface area contributed by atoms with Crippen molar-refractivity contribution in [3.05, 3.63) is 94.5 Å². The fourth-order valence-electron chi connectivity index (χ4n) is 5.86. The third kappa shape index (κ3) is 3.22. The maximum Gasteiger partial charge on any atom is 0.0463 e. The standard InChI is InChI=1S/C30H34/c1-2-3-4-5-6-7-12-21-30(25-20-19-23-17-18-24(23)22-25)28-15-10-8-13-26(28)27-14-9-11-16-29(27)30/h8-11,13-16,19-20,22H,2-7,12,17-18,21H2,1H3. The lowest BCUT2D eigenvalue weighted by Gasteiger charge is -2.35. The van der Waals surface area contributed by atoms with Gasteiger partial charge in [-0.3, -0.25) is 0 Å². The molecule has 0 saturated heterocycles. The molecule has 0 heterocycles. The number of hydrogen-bond donors (Lipinski definition) is 0. The first kappa shape index (κ1) is 19.6. The van der Waals surface area contributed by atoms with E-state index in [0.717, 1.165) is 0 Å². The number of fused-ring (bicyclic) bond motifs is 4. The minimum absolute atomic E-state index is 0.0151. The van der Waals surface area contributed by atoms with E-state index < -0.39 is 0 Å². The molecule has 0 fully saturated rings. The Labute approximate surface area is 182 Å². The quantitative estimate of drug-likeness (QED) is 0.321. The molecule has 3 aromatic carbocycles. The first-order chi connectivity index (χ1) is 14.8. The van der Waals surface area contributed by atoms with Crippen molar-refractivity contribution in [1.82, 2.24) is 0 Å². The molecule has 0 nitrogen and oxygen atoms in total. The van der Waals surface area contributed by atoms with Gasteiger partial charge >= 0.3 is 0 Å². The van der Waals surface area contributed by atoms with Gasteiger partial charge in [0, 0.05) is 5.41 Å². The van der Waals surface area contributed by atoms with Crippen molar-refractivity contribution in [2.45, 2.75) is 76.5 Å². The summed E-state index contributed by atoms with van der Waals surface area (Å²) in [5.41, 5.74) is 10.6. The summed E-state index contributed by atoms with van der Waals surface area (Å²) in [5.74, 6) is 0. The summed E-state index contributed by atoms with van der Waals surface area (Å²) in [6.07, 6.45) is 13.3. The van der Waals surface area contributed by atoms with Crippen LogP contribution in [0.5, 0.6) is 0 Å². The van der Waals surface area contributed by atoms with E-state index in [0.29, 0.717) is 0 Å². The van der Waals surface area contributed by atoms with E-state index >= 15 is 0 Å². The van der Waals surface area contributed by atoms with Crippen LogP contribution in [0, 0.1) is 0 Å². The normalized spacial score (nSPS) is 15.2. The van der Waals surface area contributed by atoms with Crippen LogP contribution in [0.4, 0.5) is 0 Å². The second-order valence-corrected chi connectivity index (χ2v) is 9.35. The highest BCUT2D eigenvalue weighted by atomic mass is 14.5. The number of benzene rings is 3. The maximum absolute atomic E-state index is 2.54. The Bertz CT molecular complexity index is 980. The second kappa shape index (κ2) is 8.42. The highest BCUT2D eigenvalue weighted by Crippen LogP contribution is 2.55. The highest BCUT2D eigenvalue weighted by Gasteiger charge is 2.44. The van der Waals surface area contributed by atoms with Gasteiger partial charge in [-0.05, 0) is 58.2 Å². The third-order valence-electron chi connectivity index (χ3n) is 7.58. The van der Waals surface area contributed by atoms with Gasteiger partial charge in [0.05, 0.1) is 0 Å². The molecule has 154 valence electrons. The Morgan fingerprint density at radius 2 is 1.23 bits per heavy atom.